The Bertz CT molecular complexity index is 821. The van der Waals surface area contributed by atoms with Crippen LogP contribution in [-0.4, -0.2) is 57.2 Å². The van der Waals surface area contributed by atoms with Crippen LogP contribution in [0, 0.1) is 9.37 Å². The van der Waals surface area contributed by atoms with Crippen LogP contribution in [0.2, 0.25) is 0 Å². The highest BCUT2D eigenvalue weighted by atomic mass is 32.1. The summed E-state index contributed by atoms with van der Waals surface area (Å²) < 4.78 is 5.85. The van der Waals surface area contributed by atoms with Gasteiger partial charge < -0.3 is 10.1 Å². The molecule has 2 heterocycles. The van der Waals surface area contributed by atoms with Crippen LogP contribution >= 0.6 is 23.6 Å². The molecule has 1 aliphatic heterocycles. The Kier molecular flexibility index (Phi) is 7.05. The number of hydrogen-bond donors (Lipinski definition) is 3. The fourth-order valence-corrected chi connectivity index (χ4v) is 3.75. The minimum absolute atomic E-state index is 0.333. The molecule has 162 valence electrons. The minimum Gasteiger partial charge on any atom is -0.444 e. The third-order valence-electron chi connectivity index (χ3n) is 4.27. The van der Waals surface area contributed by atoms with Crippen LogP contribution < -0.4 is 10.6 Å². The fraction of sp³-hybridized carbons (Fsp3) is 0.722. The Morgan fingerprint density at radius 2 is 1.93 bits per heavy atom. The van der Waals surface area contributed by atoms with Gasteiger partial charge in [-0.3, -0.25) is 24.9 Å². The van der Waals surface area contributed by atoms with Gasteiger partial charge in [-0.15, -0.1) is 5.10 Å². The van der Waals surface area contributed by atoms with E-state index in [4.69, 9.17) is 17.0 Å². The first-order valence-electron chi connectivity index (χ1n) is 9.44. The highest BCUT2D eigenvalue weighted by molar-refractivity contribution is 7.73. The second kappa shape index (κ2) is 8.78. The minimum atomic E-state index is -0.825. The lowest BCUT2D eigenvalue weighted by Crippen LogP contribution is -2.56. The largest absolute Gasteiger partial charge is 0.444 e. The summed E-state index contributed by atoms with van der Waals surface area (Å²) in [7, 11) is 0. The van der Waals surface area contributed by atoms with Crippen molar-refractivity contribution in [2.24, 2.45) is 5.41 Å². The Morgan fingerprint density at radius 3 is 2.45 bits per heavy atom. The van der Waals surface area contributed by atoms with Gasteiger partial charge in [-0.2, -0.15) is 0 Å². The number of carbonyl (C=O) groups is 3. The molecule has 11 heteroatoms. The second-order valence-corrected chi connectivity index (χ2v) is 10.7. The van der Waals surface area contributed by atoms with Gasteiger partial charge in [0.25, 0.3) is 0 Å². The summed E-state index contributed by atoms with van der Waals surface area (Å²) >= 11 is 6.10. The number of aromatic amines is 1. The zero-order chi connectivity index (χ0) is 22.0. The number of hydrogen-bond acceptors (Lipinski definition) is 7. The molecule has 3 amide bonds. The van der Waals surface area contributed by atoms with Crippen LogP contribution in [0.5, 0.6) is 0 Å². The second-order valence-electron chi connectivity index (χ2n) is 9.05. The zero-order valence-corrected chi connectivity index (χ0v) is 19.3. The molecule has 0 radical (unpaired) electrons. The van der Waals surface area contributed by atoms with Gasteiger partial charge in [0.2, 0.25) is 16.9 Å². The standard InChI is InChI=1S/C18H29N5O4S2/c1-17(2,3)11(13(25)20-14-21-22-15(28)29-14)19-12(24)10-8-7-9-23(10)16(26)27-18(4,5)6/h10-11H,7-9H2,1-6H3,(H,19,24)(H,22,28)(H,20,21,25)/t10-,11+/m0/s1. The summed E-state index contributed by atoms with van der Waals surface area (Å²) in [5.74, 6) is -0.775. The van der Waals surface area contributed by atoms with Gasteiger partial charge >= 0.3 is 6.09 Å². The van der Waals surface area contributed by atoms with Gasteiger partial charge in [0, 0.05) is 6.54 Å². The summed E-state index contributed by atoms with van der Waals surface area (Å²) in [5, 5.41) is 12.3. The number of ether oxygens (including phenoxy) is 1. The van der Waals surface area contributed by atoms with Gasteiger partial charge in [0.05, 0.1) is 0 Å². The lowest BCUT2D eigenvalue weighted by molar-refractivity contribution is -0.131. The van der Waals surface area contributed by atoms with Crippen LogP contribution in [0.1, 0.15) is 54.4 Å². The van der Waals surface area contributed by atoms with Crippen molar-refractivity contribution in [2.45, 2.75) is 72.1 Å². The van der Waals surface area contributed by atoms with Gasteiger partial charge in [0.1, 0.15) is 17.7 Å². The normalized spacial score (nSPS) is 18.3. The Labute approximate surface area is 179 Å². The number of anilines is 1. The van der Waals surface area contributed by atoms with Gasteiger partial charge in [-0.25, -0.2) is 4.79 Å². The molecule has 9 nitrogen and oxygen atoms in total. The molecule has 2 rings (SSSR count). The maximum absolute atomic E-state index is 13.0. The van der Waals surface area contributed by atoms with Crippen molar-refractivity contribution >= 4 is 46.6 Å². The molecule has 0 aliphatic carbocycles. The first-order chi connectivity index (χ1) is 13.3. The molecular formula is C18H29N5O4S2. The quantitative estimate of drug-likeness (QED) is 0.616. The number of H-pyrrole nitrogens is 1. The lowest BCUT2D eigenvalue weighted by atomic mass is 9.86. The summed E-state index contributed by atoms with van der Waals surface area (Å²) in [6.45, 7) is 11.3. The number of nitrogens with one attached hydrogen (secondary N) is 3. The molecule has 1 aliphatic rings. The Hall–Kier alpha value is -2.01. The predicted octanol–water partition coefficient (Wildman–Crippen LogP) is 3.07. The molecule has 0 bridgehead atoms. The first-order valence-corrected chi connectivity index (χ1v) is 10.7. The molecule has 1 aromatic rings. The molecule has 29 heavy (non-hydrogen) atoms. The maximum Gasteiger partial charge on any atom is 0.410 e. The van der Waals surface area contributed by atoms with Crippen LogP contribution in [0.4, 0.5) is 9.93 Å². The molecular weight excluding hydrogens is 414 g/mol. The smallest absolute Gasteiger partial charge is 0.410 e. The number of amides is 3. The monoisotopic (exact) mass is 443 g/mol. The molecule has 3 N–H and O–H groups in total. The van der Waals surface area contributed by atoms with Crippen molar-refractivity contribution < 1.29 is 19.1 Å². The van der Waals surface area contributed by atoms with E-state index in [-0.39, 0.29) is 5.91 Å². The van der Waals surface area contributed by atoms with E-state index in [2.05, 4.69) is 20.8 Å². The number of nitrogens with zero attached hydrogens (tertiary/aromatic N) is 2. The molecule has 1 aromatic heterocycles. The van der Waals surface area contributed by atoms with Crippen molar-refractivity contribution in [2.75, 3.05) is 11.9 Å². The van der Waals surface area contributed by atoms with Crippen LogP contribution in [0.3, 0.4) is 0 Å². The summed E-state index contributed by atoms with van der Waals surface area (Å²) in [5.41, 5.74) is -1.21. The number of rotatable bonds is 4. The van der Waals surface area contributed by atoms with E-state index in [0.717, 1.165) is 11.3 Å². The van der Waals surface area contributed by atoms with E-state index in [1.165, 1.54) is 4.90 Å². The van der Waals surface area contributed by atoms with Gasteiger partial charge in [-0.05, 0) is 51.2 Å². The van der Waals surface area contributed by atoms with Crippen molar-refractivity contribution in [1.82, 2.24) is 20.4 Å². The Morgan fingerprint density at radius 1 is 1.28 bits per heavy atom. The van der Waals surface area contributed by atoms with E-state index < -0.39 is 35.1 Å². The number of likely N-dealkylation sites (tertiary alicyclic amines) is 1. The van der Waals surface area contributed by atoms with Crippen molar-refractivity contribution in [3.8, 4) is 0 Å². The van der Waals surface area contributed by atoms with E-state index >= 15 is 0 Å². The van der Waals surface area contributed by atoms with E-state index in [1.807, 2.05) is 20.8 Å². The van der Waals surface area contributed by atoms with E-state index in [9.17, 15) is 14.4 Å². The van der Waals surface area contributed by atoms with Crippen molar-refractivity contribution in [3.63, 3.8) is 0 Å². The summed E-state index contributed by atoms with van der Waals surface area (Å²) in [4.78, 5) is 39.7. The maximum atomic E-state index is 13.0. The predicted molar refractivity (Wildman–Crippen MR) is 113 cm³/mol. The van der Waals surface area contributed by atoms with Crippen LogP contribution in [0.15, 0.2) is 0 Å². The highest BCUT2D eigenvalue weighted by Gasteiger charge is 2.40. The number of carbonyl (C=O) groups excluding carboxylic acids is 3. The first kappa shape index (κ1) is 23.3. The lowest BCUT2D eigenvalue weighted by Gasteiger charge is -2.33. The fourth-order valence-electron chi connectivity index (χ4n) is 2.95. The molecule has 0 spiro atoms. The third-order valence-corrected chi connectivity index (χ3v) is 5.27. The molecule has 2 atom stereocenters. The number of aromatic nitrogens is 2. The van der Waals surface area contributed by atoms with Crippen molar-refractivity contribution in [3.05, 3.63) is 3.95 Å². The van der Waals surface area contributed by atoms with E-state index in [1.54, 1.807) is 20.8 Å². The van der Waals surface area contributed by atoms with Gasteiger partial charge in [-0.1, -0.05) is 32.1 Å². The summed E-state index contributed by atoms with van der Waals surface area (Å²) in [6.07, 6.45) is 0.688. The van der Waals surface area contributed by atoms with E-state index in [0.29, 0.717) is 28.5 Å². The molecule has 0 aromatic carbocycles. The Balaban J connectivity index is 2.11. The average molecular weight is 444 g/mol. The van der Waals surface area contributed by atoms with Gasteiger partial charge in [0.15, 0.2) is 3.95 Å². The average Bonchev–Trinajstić information content (AvgIpc) is 3.18. The molecule has 0 saturated carbocycles. The highest BCUT2D eigenvalue weighted by Crippen LogP contribution is 2.25. The van der Waals surface area contributed by atoms with Crippen LogP contribution in [0.25, 0.3) is 0 Å². The molecule has 0 unspecified atom stereocenters. The summed E-state index contributed by atoms with van der Waals surface area (Å²) in [6, 6.07) is -1.50. The topological polar surface area (TPSA) is 116 Å². The van der Waals surface area contributed by atoms with Crippen LogP contribution in [-0.2, 0) is 14.3 Å². The third kappa shape index (κ3) is 6.49. The molecule has 1 fully saturated rings. The zero-order valence-electron chi connectivity index (χ0n) is 17.6. The molecule has 1 saturated heterocycles. The van der Waals surface area contributed by atoms with Crippen molar-refractivity contribution in [1.29, 1.82) is 0 Å². The SMILES string of the molecule is CC(C)(C)OC(=O)N1CCC[C@H]1C(=O)N[C@H](C(=O)Nc1n[nH]c(=S)s1)C(C)(C)C.